The Bertz CT molecular complexity index is 909. The minimum atomic E-state index is -3.42. The normalized spacial score (nSPS) is 20.0. The lowest BCUT2D eigenvalue weighted by molar-refractivity contribution is -0.123. The predicted molar refractivity (Wildman–Crippen MR) is 95.8 cm³/mol. The third-order valence-corrected chi connectivity index (χ3v) is 7.01. The second kappa shape index (κ2) is 6.14. The maximum absolute atomic E-state index is 12.7. The predicted octanol–water partition coefficient (Wildman–Crippen LogP) is 2.27. The van der Waals surface area contributed by atoms with E-state index in [1.807, 2.05) is 23.8 Å². The molecule has 1 aliphatic carbocycles. The Hall–Kier alpha value is -1.86. The van der Waals surface area contributed by atoms with E-state index in [0.717, 1.165) is 36.6 Å². The van der Waals surface area contributed by atoms with Crippen molar-refractivity contribution in [3.63, 3.8) is 0 Å². The summed E-state index contributed by atoms with van der Waals surface area (Å²) >= 11 is 0. The zero-order valence-electron chi connectivity index (χ0n) is 14.3. The highest BCUT2D eigenvalue weighted by Gasteiger charge is 2.28. The number of aromatic nitrogens is 1. The molecule has 2 heterocycles. The SMILES string of the molecule is C[C@H](C(=O)NC1CC1)n1ccc2cc(S(=O)(=O)N3CCCC3)ccc21. The van der Waals surface area contributed by atoms with Crippen molar-refractivity contribution >= 4 is 26.8 Å². The highest BCUT2D eigenvalue weighted by molar-refractivity contribution is 7.89. The molecule has 1 atom stereocenters. The molecule has 1 N–H and O–H groups in total. The molecular formula is C18H23N3O3S. The van der Waals surface area contributed by atoms with E-state index >= 15 is 0 Å². The zero-order valence-corrected chi connectivity index (χ0v) is 15.1. The number of fused-ring (bicyclic) bond motifs is 1. The summed E-state index contributed by atoms with van der Waals surface area (Å²) in [5.74, 6) is 0.00812. The molecule has 4 rings (SSSR count). The van der Waals surface area contributed by atoms with Gasteiger partial charge in [0.05, 0.1) is 4.90 Å². The summed E-state index contributed by atoms with van der Waals surface area (Å²) in [5.41, 5.74) is 0.874. The third kappa shape index (κ3) is 3.06. The van der Waals surface area contributed by atoms with Gasteiger partial charge in [0.1, 0.15) is 6.04 Å². The van der Waals surface area contributed by atoms with Crippen LogP contribution < -0.4 is 5.32 Å². The van der Waals surface area contributed by atoms with Crippen LogP contribution in [0.5, 0.6) is 0 Å². The Labute approximate surface area is 147 Å². The molecule has 2 aliphatic rings. The number of carbonyl (C=O) groups is 1. The molecule has 134 valence electrons. The molecule has 0 spiro atoms. The Kier molecular flexibility index (Phi) is 4.08. The summed E-state index contributed by atoms with van der Waals surface area (Å²) in [6.07, 6.45) is 5.82. The monoisotopic (exact) mass is 361 g/mol. The van der Waals surface area contributed by atoms with Gasteiger partial charge in [0.2, 0.25) is 15.9 Å². The lowest BCUT2D eigenvalue weighted by atomic mass is 10.2. The average molecular weight is 361 g/mol. The second-order valence-corrected chi connectivity index (χ2v) is 8.95. The molecule has 1 aromatic heterocycles. The molecule has 1 saturated carbocycles. The van der Waals surface area contributed by atoms with Gasteiger partial charge in [-0.05, 0) is 56.9 Å². The first kappa shape index (κ1) is 16.6. The number of benzene rings is 1. The van der Waals surface area contributed by atoms with Gasteiger partial charge in [0.15, 0.2) is 0 Å². The van der Waals surface area contributed by atoms with Crippen LogP contribution in [-0.2, 0) is 14.8 Å². The molecule has 0 unspecified atom stereocenters. The number of hydrogen-bond acceptors (Lipinski definition) is 3. The van der Waals surface area contributed by atoms with Crippen LogP contribution >= 0.6 is 0 Å². The number of sulfonamides is 1. The minimum Gasteiger partial charge on any atom is -0.352 e. The summed E-state index contributed by atoms with van der Waals surface area (Å²) < 4.78 is 28.9. The van der Waals surface area contributed by atoms with Crippen molar-refractivity contribution in [2.24, 2.45) is 0 Å². The van der Waals surface area contributed by atoms with Gasteiger partial charge in [-0.25, -0.2) is 8.42 Å². The van der Waals surface area contributed by atoms with Crippen LogP contribution in [0.25, 0.3) is 10.9 Å². The van der Waals surface area contributed by atoms with Crippen molar-refractivity contribution in [2.45, 2.75) is 49.6 Å². The summed E-state index contributed by atoms with van der Waals surface area (Å²) in [4.78, 5) is 12.6. The van der Waals surface area contributed by atoms with E-state index in [4.69, 9.17) is 0 Å². The molecule has 1 aliphatic heterocycles. The van der Waals surface area contributed by atoms with Crippen molar-refractivity contribution in [2.75, 3.05) is 13.1 Å². The number of nitrogens with zero attached hydrogens (tertiary/aromatic N) is 2. The first-order valence-corrected chi connectivity index (χ1v) is 10.3. The van der Waals surface area contributed by atoms with Gasteiger partial charge in [0, 0.05) is 36.2 Å². The van der Waals surface area contributed by atoms with Gasteiger partial charge in [-0.15, -0.1) is 0 Å². The van der Waals surface area contributed by atoms with Gasteiger partial charge >= 0.3 is 0 Å². The van der Waals surface area contributed by atoms with Crippen molar-refractivity contribution < 1.29 is 13.2 Å². The largest absolute Gasteiger partial charge is 0.352 e. The van der Waals surface area contributed by atoms with Crippen molar-refractivity contribution in [3.8, 4) is 0 Å². The molecule has 1 saturated heterocycles. The molecule has 2 aromatic rings. The van der Waals surface area contributed by atoms with Gasteiger partial charge in [0.25, 0.3) is 0 Å². The van der Waals surface area contributed by atoms with Gasteiger partial charge < -0.3 is 9.88 Å². The molecule has 2 fully saturated rings. The Balaban J connectivity index is 1.63. The smallest absolute Gasteiger partial charge is 0.243 e. The number of carbonyl (C=O) groups excluding carboxylic acids is 1. The number of hydrogen-bond donors (Lipinski definition) is 1. The average Bonchev–Trinajstić information content (AvgIpc) is 3.10. The molecule has 7 heteroatoms. The maximum Gasteiger partial charge on any atom is 0.243 e. The van der Waals surface area contributed by atoms with Crippen molar-refractivity contribution in [1.29, 1.82) is 0 Å². The molecule has 6 nitrogen and oxygen atoms in total. The Morgan fingerprint density at radius 2 is 1.92 bits per heavy atom. The fourth-order valence-electron chi connectivity index (χ4n) is 3.39. The first-order chi connectivity index (χ1) is 12.0. The summed E-state index contributed by atoms with van der Waals surface area (Å²) in [6.45, 7) is 3.06. The Morgan fingerprint density at radius 1 is 1.20 bits per heavy atom. The van der Waals surface area contributed by atoms with E-state index < -0.39 is 10.0 Å². The number of rotatable bonds is 5. The van der Waals surface area contributed by atoms with Gasteiger partial charge in [-0.3, -0.25) is 4.79 Å². The lowest BCUT2D eigenvalue weighted by Crippen LogP contribution is -2.32. The second-order valence-electron chi connectivity index (χ2n) is 7.01. The zero-order chi connectivity index (χ0) is 17.6. The van der Waals surface area contributed by atoms with Crippen molar-refractivity contribution in [3.05, 3.63) is 30.5 Å². The highest BCUT2D eigenvalue weighted by Crippen LogP contribution is 2.27. The van der Waals surface area contributed by atoms with E-state index in [2.05, 4.69) is 5.32 Å². The van der Waals surface area contributed by atoms with E-state index in [0.29, 0.717) is 24.0 Å². The topological polar surface area (TPSA) is 71.4 Å². The first-order valence-electron chi connectivity index (χ1n) is 8.88. The van der Waals surface area contributed by atoms with Crippen LogP contribution in [0.15, 0.2) is 35.4 Å². The highest BCUT2D eigenvalue weighted by atomic mass is 32.2. The van der Waals surface area contributed by atoms with Crippen molar-refractivity contribution in [1.82, 2.24) is 14.2 Å². The van der Waals surface area contributed by atoms with Gasteiger partial charge in [-0.1, -0.05) is 0 Å². The molecule has 0 bridgehead atoms. The van der Waals surface area contributed by atoms with E-state index in [-0.39, 0.29) is 11.9 Å². The minimum absolute atomic E-state index is 0.00812. The number of nitrogens with one attached hydrogen (secondary N) is 1. The molecule has 1 aromatic carbocycles. The van der Waals surface area contributed by atoms with Crippen LogP contribution in [0.1, 0.15) is 38.6 Å². The number of amides is 1. The standard InChI is InChI=1S/C18H23N3O3S/c1-13(18(22)19-15-4-5-15)21-11-8-14-12-16(6-7-17(14)21)25(23,24)20-9-2-3-10-20/h6-8,11-13,15H,2-5,9-10H2,1H3,(H,19,22)/t13-/m1/s1. The maximum atomic E-state index is 12.7. The summed E-state index contributed by atoms with van der Waals surface area (Å²) in [6, 6.07) is 7.05. The van der Waals surface area contributed by atoms with E-state index in [1.165, 1.54) is 0 Å². The van der Waals surface area contributed by atoms with Crippen LogP contribution in [0.2, 0.25) is 0 Å². The molecular weight excluding hydrogens is 338 g/mol. The van der Waals surface area contributed by atoms with Crippen LogP contribution in [0.3, 0.4) is 0 Å². The summed E-state index contributed by atoms with van der Waals surface area (Å²) in [7, 11) is -3.42. The third-order valence-electron chi connectivity index (χ3n) is 5.12. The van der Waals surface area contributed by atoms with E-state index in [9.17, 15) is 13.2 Å². The van der Waals surface area contributed by atoms with Crippen LogP contribution in [0.4, 0.5) is 0 Å². The molecule has 25 heavy (non-hydrogen) atoms. The Morgan fingerprint density at radius 3 is 2.60 bits per heavy atom. The lowest BCUT2D eigenvalue weighted by Gasteiger charge is -2.17. The van der Waals surface area contributed by atoms with E-state index in [1.54, 1.807) is 22.5 Å². The fraction of sp³-hybridized carbons (Fsp3) is 0.500. The molecule has 0 radical (unpaired) electrons. The quantitative estimate of drug-likeness (QED) is 0.888. The van der Waals surface area contributed by atoms with Gasteiger partial charge in [-0.2, -0.15) is 4.31 Å². The van der Waals surface area contributed by atoms with Crippen LogP contribution in [-0.4, -0.2) is 42.3 Å². The van der Waals surface area contributed by atoms with Crippen LogP contribution in [0, 0.1) is 0 Å². The summed E-state index contributed by atoms with van der Waals surface area (Å²) in [5, 5.41) is 3.86. The fourth-order valence-corrected chi connectivity index (χ4v) is 4.95. The molecule has 1 amide bonds.